The molecule has 5 rings (SSSR count). The molecule has 0 spiro atoms. The molecule has 8 nitrogen and oxygen atoms in total. The molecule has 2 fully saturated rings. The maximum atomic E-state index is 14.5. The molecule has 0 aliphatic carbocycles. The molecule has 2 atom stereocenters. The summed E-state index contributed by atoms with van der Waals surface area (Å²) in [7, 11) is 2.05. The Balaban J connectivity index is 1.37. The van der Waals surface area contributed by atoms with Crippen LogP contribution in [0.1, 0.15) is 18.4 Å². The zero-order chi connectivity index (χ0) is 24.9. The Hall–Kier alpha value is -2.88. The van der Waals surface area contributed by atoms with Crippen molar-refractivity contribution in [3.05, 3.63) is 53.8 Å². The minimum atomic E-state index is -0.847. The van der Waals surface area contributed by atoms with Gasteiger partial charge in [0.05, 0.1) is 6.10 Å². The summed E-state index contributed by atoms with van der Waals surface area (Å²) >= 11 is 0. The summed E-state index contributed by atoms with van der Waals surface area (Å²) in [6.07, 6.45) is 1.24. The summed E-state index contributed by atoms with van der Waals surface area (Å²) in [5.41, 5.74) is 1.04. The van der Waals surface area contributed by atoms with E-state index >= 15 is 0 Å². The SMILES string of the molecule is CN1CCN(C(=O)C(CN(Cc2ccc3c(c2)OCO3)CC2CCCO2)Oc2ccccc2F)CC1. The molecule has 0 bridgehead atoms. The third-order valence-electron chi connectivity index (χ3n) is 6.95. The fraction of sp³-hybridized carbons (Fsp3) is 0.519. The standard InChI is InChI=1S/C27H34FN3O5/c1-29-10-12-31(13-11-29)27(32)26(36-23-7-3-2-6-22(23)28)18-30(17-21-5-4-14-33-21)16-20-8-9-24-25(15-20)35-19-34-24/h2-3,6-9,15,21,26H,4-5,10-14,16-19H2,1H3. The fourth-order valence-corrected chi connectivity index (χ4v) is 4.90. The molecule has 0 aromatic heterocycles. The lowest BCUT2D eigenvalue weighted by molar-refractivity contribution is -0.141. The van der Waals surface area contributed by atoms with Crippen LogP contribution in [0.25, 0.3) is 0 Å². The first-order chi connectivity index (χ1) is 17.5. The molecule has 0 N–H and O–H groups in total. The normalized spacial score (nSPS) is 20.6. The van der Waals surface area contributed by atoms with Crippen LogP contribution in [-0.4, -0.2) is 92.5 Å². The summed E-state index contributed by atoms with van der Waals surface area (Å²) in [5, 5.41) is 0. The molecular weight excluding hydrogens is 465 g/mol. The third kappa shape index (κ3) is 6.08. The number of carbonyl (C=O) groups is 1. The van der Waals surface area contributed by atoms with Gasteiger partial charge >= 0.3 is 0 Å². The van der Waals surface area contributed by atoms with Crippen molar-refractivity contribution in [2.75, 3.05) is 59.7 Å². The van der Waals surface area contributed by atoms with Crippen molar-refractivity contribution < 1.29 is 28.1 Å². The van der Waals surface area contributed by atoms with Crippen LogP contribution in [0.15, 0.2) is 42.5 Å². The molecule has 3 aliphatic rings. The maximum Gasteiger partial charge on any atom is 0.265 e. The Morgan fingerprint density at radius 1 is 1.14 bits per heavy atom. The van der Waals surface area contributed by atoms with Gasteiger partial charge in [0.15, 0.2) is 29.2 Å². The van der Waals surface area contributed by atoms with Crippen molar-refractivity contribution in [2.24, 2.45) is 0 Å². The summed E-state index contributed by atoms with van der Waals surface area (Å²) in [6.45, 7) is 5.36. The number of benzene rings is 2. The summed E-state index contributed by atoms with van der Waals surface area (Å²) in [6, 6.07) is 12.1. The maximum absolute atomic E-state index is 14.5. The van der Waals surface area contributed by atoms with Crippen LogP contribution < -0.4 is 14.2 Å². The van der Waals surface area contributed by atoms with E-state index in [9.17, 15) is 9.18 Å². The predicted molar refractivity (Wildman–Crippen MR) is 132 cm³/mol. The number of para-hydroxylation sites is 1. The Morgan fingerprint density at radius 2 is 1.94 bits per heavy atom. The Bertz CT molecular complexity index is 1040. The van der Waals surface area contributed by atoms with E-state index in [0.717, 1.165) is 49.6 Å². The number of rotatable bonds is 9. The van der Waals surface area contributed by atoms with Crippen LogP contribution in [0.2, 0.25) is 0 Å². The second kappa shape index (κ2) is 11.5. The van der Waals surface area contributed by atoms with Gasteiger partial charge in [-0.3, -0.25) is 9.69 Å². The lowest BCUT2D eigenvalue weighted by Gasteiger charge is -2.36. The number of amides is 1. The molecule has 9 heteroatoms. The average Bonchev–Trinajstić information content (AvgIpc) is 3.57. The molecule has 2 aromatic rings. The highest BCUT2D eigenvalue weighted by atomic mass is 19.1. The average molecular weight is 500 g/mol. The number of nitrogens with zero attached hydrogens (tertiary/aromatic N) is 3. The number of hydrogen-bond acceptors (Lipinski definition) is 7. The molecule has 0 radical (unpaired) electrons. The van der Waals surface area contributed by atoms with Gasteiger partial charge in [0.1, 0.15) is 0 Å². The zero-order valence-electron chi connectivity index (χ0n) is 20.7. The first kappa shape index (κ1) is 24.8. The molecule has 36 heavy (non-hydrogen) atoms. The molecular formula is C27H34FN3O5. The van der Waals surface area contributed by atoms with E-state index in [0.29, 0.717) is 32.7 Å². The molecule has 0 saturated carbocycles. The van der Waals surface area contributed by atoms with Gasteiger partial charge in [-0.2, -0.15) is 0 Å². The van der Waals surface area contributed by atoms with E-state index in [2.05, 4.69) is 9.80 Å². The van der Waals surface area contributed by atoms with Crippen LogP contribution in [0.4, 0.5) is 4.39 Å². The summed E-state index contributed by atoms with van der Waals surface area (Å²) < 4.78 is 37.5. The van der Waals surface area contributed by atoms with Gasteiger partial charge in [-0.1, -0.05) is 18.2 Å². The largest absolute Gasteiger partial charge is 0.476 e. The van der Waals surface area contributed by atoms with Gasteiger partial charge in [0.25, 0.3) is 5.91 Å². The van der Waals surface area contributed by atoms with Gasteiger partial charge in [-0.15, -0.1) is 0 Å². The van der Waals surface area contributed by atoms with Crippen LogP contribution in [0, 0.1) is 5.82 Å². The molecule has 3 heterocycles. The minimum absolute atomic E-state index is 0.0881. The lowest BCUT2D eigenvalue weighted by atomic mass is 10.1. The molecule has 2 unspecified atom stereocenters. The fourth-order valence-electron chi connectivity index (χ4n) is 4.90. The molecule has 1 amide bonds. The van der Waals surface area contributed by atoms with E-state index in [4.69, 9.17) is 18.9 Å². The number of hydrogen-bond donors (Lipinski definition) is 0. The number of ether oxygens (including phenoxy) is 4. The number of fused-ring (bicyclic) bond motifs is 1. The van der Waals surface area contributed by atoms with Gasteiger partial charge in [-0.25, -0.2) is 4.39 Å². The molecule has 194 valence electrons. The van der Waals surface area contributed by atoms with Crippen molar-refractivity contribution in [3.63, 3.8) is 0 Å². The second-order valence-corrected chi connectivity index (χ2v) is 9.68. The highest BCUT2D eigenvalue weighted by Crippen LogP contribution is 2.33. The Labute approximate surface area is 211 Å². The van der Waals surface area contributed by atoms with E-state index in [1.165, 1.54) is 6.07 Å². The molecule has 3 aliphatic heterocycles. The monoisotopic (exact) mass is 499 g/mol. The van der Waals surface area contributed by atoms with Gasteiger partial charge in [0, 0.05) is 52.4 Å². The van der Waals surface area contributed by atoms with E-state index in [1.807, 2.05) is 30.1 Å². The van der Waals surface area contributed by atoms with Crippen molar-refractivity contribution in [3.8, 4) is 17.2 Å². The first-order valence-corrected chi connectivity index (χ1v) is 12.7. The minimum Gasteiger partial charge on any atom is -0.476 e. The van der Waals surface area contributed by atoms with E-state index < -0.39 is 11.9 Å². The van der Waals surface area contributed by atoms with Crippen LogP contribution in [0.5, 0.6) is 17.2 Å². The molecule has 2 aromatic carbocycles. The van der Waals surface area contributed by atoms with Crippen LogP contribution in [-0.2, 0) is 16.1 Å². The smallest absolute Gasteiger partial charge is 0.265 e. The van der Waals surface area contributed by atoms with Crippen molar-refractivity contribution in [1.82, 2.24) is 14.7 Å². The highest BCUT2D eigenvalue weighted by molar-refractivity contribution is 5.81. The van der Waals surface area contributed by atoms with E-state index in [-0.39, 0.29) is 24.6 Å². The van der Waals surface area contributed by atoms with Crippen molar-refractivity contribution >= 4 is 5.91 Å². The first-order valence-electron chi connectivity index (χ1n) is 12.7. The topological polar surface area (TPSA) is 63.7 Å². The number of piperazine rings is 1. The van der Waals surface area contributed by atoms with Crippen LogP contribution in [0.3, 0.4) is 0 Å². The summed E-state index contributed by atoms with van der Waals surface area (Å²) in [5.74, 6) is 0.947. The van der Waals surface area contributed by atoms with Crippen LogP contribution >= 0.6 is 0 Å². The highest BCUT2D eigenvalue weighted by Gasteiger charge is 2.32. The molecule has 2 saturated heterocycles. The van der Waals surface area contributed by atoms with Crippen molar-refractivity contribution in [1.29, 1.82) is 0 Å². The van der Waals surface area contributed by atoms with Crippen molar-refractivity contribution in [2.45, 2.75) is 31.6 Å². The predicted octanol–water partition coefficient (Wildman–Crippen LogP) is 2.76. The summed E-state index contributed by atoms with van der Waals surface area (Å²) in [4.78, 5) is 19.9. The number of carbonyl (C=O) groups excluding carboxylic acids is 1. The Kier molecular flexibility index (Phi) is 7.89. The van der Waals surface area contributed by atoms with Gasteiger partial charge < -0.3 is 28.7 Å². The quantitative estimate of drug-likeness (QED) is 0.526. The second-order valence-electron chi connectivity index (χ2n) is 9.68. The Morgan fingerprint density at radius 3 is 2.72 bits per heavy atom. The van der Waals surface area contributed by atoms with Gasteiger partial charge in [-0.05, 0) is 49.7 Å². The van der Waals surface area contributed by atoms with Gasteiger partial charge in [0.2, 0.25) is 6.79 Å². The third-order valence-corrected chi connectivity index (χ3v) is 6.95. The lowest BCUT2D eigenvalue weighted by Crippen LogP contribution is -2.54. The zero-order valence-corrected chi connectivity index (χ0v) is 20.7. The number of halogens is 1. The van der Waals surface area contributed by atoms with E-state index in [1.54, 1.807) is 18.2 Å². The number of likely N-dealkylation sites (N-methyl/N-ethyl adjacent to an activating group) is 1.